The number of amides is 1. The Kier molecular flexibility index (Phi) is 9.19. The van der Waals surface area contributed by atoms with Crippen LogP contribution < -0.4 is 5.32 Å². The van der Waals surface area contributed by atoms with Crippen LogP contribution in [0.2, 0.25) is 19.6 Å². The third-order valence-corrected chi connectivity index (χ3v) is 9.56. The highest BCUT2D eigenvalue weighted by molar-refractivity contribution is 6.77. The molecule has 1 aliphatic carbocycles. The van der Waals surface area contributed by atoms with Crippen LogP contribution in [0.1, 0.15) is 80.1 Å². The highest BCUT2D eigenvalue weighted by Crippen LogP contribution is 2.53. The van der Waals surface area contributed by atoms with Crippen LogP contribution in [0.4, 0.5) is 0 Å². The van der Waals surface area contributed by atoms with E-state index < -0.39 is 19.6 Å². The normalized spacial score (nSPS) is 34.9. The predicted octanol–water partition coefficient (Wildman–Crippen LogP) is 5.65. The van der Waals surface area contributed by atoms with E-state index in [4.69, 9.17) is 24.0 Å². The van der Waals surface area contributed by atoms with Crippen molar-refractivity contribution in [1.29, 1.82) is 0 Å². The van der Waals surface area contributed by atoms with Crippen molar-refractivity contribution in [3.63, 3.8) is 0 Å². The van der Waals surface area contributed by atoms with Crippen molar-refractivity contribution < 1.29 is 28.8 Å². The zero-order valence-corrected chi connectivity index (χ0v) is 24.7. The number of hydrogen-bond donors (Lipinski definition) is 1. The van der Waals surface area contributed by atoms with Gasteiger partial charge in [0, 0.05) is 36.6 Å². The van der Waals surface area contributed by atoms with Gasteiger partial charge in [0.2, 0.25) is 11.7 Å². The maximum Gasteiger partial charge on any atom is 0.220 e. The van der Waals surface area contributed by atoms with Gasteiger partial charge in [0.25, 0.3) is 0 Å². The maximum atomic E-state index is 12.9. The van der Waals surface area contributed by atoms with E-state index in [0.29, 0.717) is 38.0 Å². The van der Waals surface area contributed by atoms with Gasteiger partial charge in [-0.3, -0.25) is 4.79 Å². The molecule has 2 heterocycles. The summed E-state index contributed by atoms with van der Waals surface area (Å²) in [4.78, 5) is 25.0. The average molecular weight is 514 g/mol. The molecule has 35 heavy (non-hydrogen) atoms. The molecule has 2 aliphatic heterocycles. The van der Waals surface area contributed by atoms with Crippen molar-refractivity contribution in [2.24, 2.45) is 29.1 Å². The summed E-state index contributed by atoms with van der Waals surface area (Å²) in [7, 11) is -1.79. The summed E-state index contributed by atoms with van der Waals surface area (Å²) < 4.78 is 19.1. The van der Waals surface area contributed by atoms with Crippen LogP contribution in [-0.4, -0.2) is 51.2 Å². The third kappa shape index (κ3) is 7.29. The molecule has 3 aliphatic rings. The molecule has 0 aromatic rings. The summed E-state index contributed by atoms with van der Waals surface area (Å²) >= 11 is 0. The van der Waals surface area contributed by atoms with E-state index in [9.17, 15) is 4.79 Å². The van der Waals surface area contributed by atoms with Gasteiger partial charge in [0.15, 0.2) is 11.7 Å². The van der Waals surface area contributed by atoms with E-state index in [1.165, 1.54) is 0 Å². The molecule has 3 rings (SSSR count). The Morgan fingerprint density at radius 1 is 1.09 bits per heavy atom. The van der Waals surface area contributed by atoms with Gasteiger partial charge >= 0.3 is 0 Å². The van der Waals surface area contributed by atoms with Crippen molar-refractivity contribution in [1.82, 2.24) is 5.32 Å². The van der Waals surface area contributed by atoms with Crippen LogP contribution in [-0.2, 0) is 28.8 Å². The highest BCUT2D eigenvalue weighted by atomic mass is 28.3. The van der Waals surface area contributed by atoms with Gasteiger partial charge in [-0.1, -0.05) is 54.3 Å². The largest absolute Gasteiger partial charge is 0.356 e. The smallest absolute Gasteiger partial charge is 0.220 e. The van der Waals surface area contributed by atoms with Crippen LogP contribution >= 0.6 is 0 Å². The predicted molar refractivity (Wildman–Crippen MR) is 139 cm³/mol. The average Bonchev–Trinajstić information content (AvgIpc) is 3.19. The lowest BCUT2D eigenvalue weighted by Crippen LogP contribution is -2.55. The Morgan fingerprint density at radius 2 is 1.74 bits per heavy atom. The van der Waals surface area contributed by atoms with E-state index in [1.807, 2.05) is 6.92 Å². The molecule has 8 heteroatoms. The van der Waals surface area contributed by atoms with E-state index in [-0.39, 0.29) is 29.1 Å². The minimum absolute atomic E-state index is 0.0307. The number of rotatable bonds is 9. The lowest BCUT2D eigenvalue weighted by Gasteiger charge is -2.48. The lowest BCUT2D eigenvalue weighted by atomic mass is 9.67. The van der Waals surface area contributed by atoms with Crippen LogP contribution in [0.5, 0.6) is 0 Å². The van der Waals surface area contributed by atoms with Crippen LogP contribution in [0.25, 0.3) is 0 Å². The molecule has 1 spiro atoms. The molecule has 3 unspecified atom stereocenters. The molecule has 2 saturated heterocycles. The molecule has 1 saturated carbocycles. The molecule has 0 bridgehead atoms. The highest BCUT2D eigenvalue weighted by Gasteiger charge is 2.60. The summed E-state index contributed by atoms with van der Waals surface area (Å²) in [5.41, 5.74) is 0.0307. The summed E-state index contributed by atoms with van der Waals surface area (Å²) in [5.74, 6) is -0.833. The number of carbonyl (C=O) groups excluding carboxylic acids is 1. The zero-order valence-electron chi connectivity index (χ0n) is 23.7. The van der Waals surface area contributed by atoms with Gasteiger partial charge in [-0.15, -0.1) is 0 Å². The molecular formula is C27H51NO6Si. The van der Waals surface area contributed by atoms with Crippen molar-refractivity contribution in [2.75, 3.05) is 19.8 Å². The molecule has 7 nitrogen and oxygen atoms in total. The molecule has 1 amide bonds. The van der Waals surface area contributed by atoms with Gasteiger partial charge in [-0.2, -0.15) is 4.89 Å². The molecule has 0 radical (unpaired) electrons. The Labute approximate surface area is 214 Å². The van der Waals surface area contributed by atoms with Gasteiger partial charge in [0.05, 0.1) is 13.2 Å². The number of nitrogens with one attached hydrogen (secondary N) is 1. The monoisotopic (exact) mass is 513 g/mol. The van der Waals surface area contributed by atoms with Crippen molar-refractivity contribution in [2.45, 2.75) is 117 Å². The van der Waals surface area contributed by atoms with Gasteiger partial charge < -0.3 is 19.5 Å². The summed E-state index contributed by atoms with van der Waals surface area (Å²) in [6.45, 7) is 21.7. The number of carbonyl (C=O) groups is 1. The van der Waals surface area contributed by atoms with Gasteiger partial charge in [-0.25, -0.2) is 4.89 Å². The number of ether oxygens (including phenoxy) is 3. The second-order valence-corrected chi connectivity index (χ2v) is 18.9. The third-order valence-electron chi connectivity index (χ3n) is 7.93. The van der Waals surface area contributed by atoms with Crippen molar-refractivity contribution in [3.8, 4) is 0 Å². The lowest BCUT2D eigenvalue weighted by molar-refractivity contribution is -0.370. The summed E-state index contributed by atoms with van der Waals surface area (Å²) in [6.07, 6.45) is 4.86. The summed E-state index contributed by atoms with van der Waals surface area (Å²) in [6, 6.07) is 0. The van der Waals surface area contributed by atoms with Crippen LogP contribution in [0.15, 0.2) is 0 Å². The first-order valence-electron chi connectivity index (χ1n) is 13.7. The zero-order chi connectivity index (χ0) is 26.1. The standard InChI is InChI=1S/C27H51NO6Si/c1-19(2)13-15-28-23(29)16-21-11-10-20(3)22(27(21)32-24(33-34-27)35(7,8)9)12-14-26(6)30-17-25(4,5)18-31-26/h19-22,24H,10-18H2,1-9H3,(H,28,29)/t20-,21?,22+,24?,27?/m1/s1. The van der Waals surface area contributed by atoms with Crippen LogP contribution in [0.3, 0.4) is 0 Å². The molecule has 3 fully saturated rings. The molecule has 0 aromatic heterocycles. The van der Waals surface area contributed by atoms with Gasteiger partial charge in [-0.05, 0) is 44.4 Å². The Morgan fingerprint density at radius 3 is 2.31 bits per heavy atom. The topological polar surface area (TPSA) is 75.3 Å². The SMILES string of the molecule is CC(C)CCNC(=O)CC1CC[C@@H](C)[C@H](CCC2(C)OCC(C)(C)CO2)C12OOC([Si](C)(C)C)O2. The Hall–Kier alpha value is -0.513. The summed E-state index contributed by atoms with van der Waals surface area (Å²) in [5, 5.41) is 3.11. The number of hydrogen-bond acceptors (Lipinski definition) is 6. The second-order valence-electron chi connectivity index (χ2n) is 13.7. The van der Waals surface area contributed by atoms with E-state index in [1.54, 1.807) is 0 Å². The Bertz CT molecular complexity index is 713. The Balaban J connectivity index is 1.76. The molecule has 5 atom stereocenters. The maximum absolute atomic E-state index is 12.9. The van der Waals surface area contributed by atoms with E-state index in [2.05, 4.69) is 59.6 Å². The molecular weight excluding hydrogens is 462 g/mol. The first-order chi connectivity index (χ1) is 16.2. The van der Waals surface area contributed by atoms with Gasteiger partial charge in [0.1, 0.15) is 8.07 Å². The fourth-order valence-corrected chi connectivity index (χ4v) is 6.27. The van der Waals surface area contributed by atoms with Crippen LogP contribution in [0, 0.1) is 29.1 Å². The quantitative estimate of drug-likeness (QED) is 0.317. The van der Waals surface area contributed by atoms with E-state index in [0.717, 1.165) is 32.1 Å². The second kappa shape index (κ2) is 11.1. The fraction of sp³-hybridized carbons (Fsp3) is 0.963. The molecule has 0 aromatic carbocycles. The van der Waals surface area contributed by atoms with E-state index >= 15 is 0 Å². The minimum atomic E-state index is -1.79. The molecule has 1 N–H and O–H groups in total. The first kappa shape index (κ1) is 29.0. The molecule has 204 valence electrons. The first-order valence-corrected chi connectivity index (χ1v) is 17.3. The van der Waals surface area contributed by atoms with Crippen molar-refractivity contribution in [3.05, 3.63) is 0 Å². The minimum Gasteiger partial charge on any atom is -0.356 e. The fourth-order valence-electron chi connectivity index (χ4n) is 5.39. The van der Waals surface area contributed by atoms with Crippen molar-refractivity contribution >= 4 is 14.0 Å².